The van der Waals surface area contributed by atoms with E-state index in [4.69, 9.17) is 5.73 Å². The topological polar surface area (TPSA) is 102 Å². The minimum Gasteiger partial charge on any atom is -0.383 e. The number of benzene rings is 2. The molecule has 4 rings (SSSR count). The first-order chi connectivity index (χ1) is 15.0. The van der Waals surface area contributed by atoms with E-state index in [0.717, 1.165) is 29.8 Å². The third kappa shape index (κ3) is 3.68. The van der Waals surface area contributed by atoms with Gasteiger partial charge in [-0.3, -0.25) is 4.79 Å². The summed E-state index contributed by atoms with van der Waals surface area (Å²) in [5, 5.41) is 2.73. The van der Waals surface area contributed by atoms with E-state index in [1.807, 2.05) is 0 Å². The first kappa shape index (κ1) is 21.8. The number of carbonyl (C=O) groups excluding carboxylic acids is 1. The third-order valence-electron chi connectivity index (χ3n) is 5.13. The van der Waals surface area contributed by atoms with Crippen molar-refractivity contribution in [1.82, 2.24) is 10.3 Å². The molecule has 32 heavy (non-hydrogen) atoms. The van der Waals surface area contributed by atoms with Crippen molar-refractivity contribution in [2.45, 2.75) is 16.8 Å². The van der Waals surface area contributed by atoms with Crippen molar-refractivity contribution in [3.63, 3.8) is 0 Å². The number of nitrogen functional groups attached to an aromatic ring is 1. The Hall–Kier alpha value is -3.47. The maximum atomic E-state index is 14.5. The maximum absolute atomic E-state index is 14.5. The second-order valence-electron chi connectivity index (χ2n) is 7.11. The number of hydrogen-bond acceptors (Lipinski definition) is 5. The van der Waals surface area contributed by atoms with Crippen LogP contribution in [0.5, 0.6) is 0 Å². The van der Waals surface area contributed by atoms with Gasteiger partial charge in [-0.2, -0.15) is 17.6 Å². The van der Waals surface area contributed by atoms with Crippen LogP contribution in [0.4, 0.5) is 23.4 Å². The van der Waals surface area contributed by atoms with Gasteiger partial charge in [-0.25, -0.2) is 13.4 Å². The number of anilines is 1. The fraction of sp³-hybridized carbons (Fsp3) is 0.143. The van der Waals surface area contributed by atoms with Gasteiger partial charge < -0.3 is 11.1 Å². The SMILES string of the molecule is Nc1nc(F)c(-c2ccc(S(=O)(=O)C(F)(F)F)cc2)cc1-c1ccc2c(c1)CCNC2=O. The van der Waals surface area contributed by atoms with Gasteiger partial charge in [0.1, 0.15) is 5.82 Å². The molecule has 2 aromatic carbocycles. The van der Waals surface area contributed by atoms with Crippen LogP contribution in [0.3, 0.4) is 0 Å². The number of nitrogens with two attached hydrogens (primary N) is 1. The normalized spacial score (nSPS) is 14.1. The number of halogens is 4. The summed E-state index contributed by atoms with van der Waals surface area (Å²) >= 11 is 0. The molecule has 0 radical (unpaired) electrons. The highest BCUT2D eigenvalue weighted by atomic mass is 32.2. The van der Waals surface area contributed by atoms with E-state index < -0.39 is 26.2 Å². The first-order valence-corrected chi connectivity index (χ1v) is 10.8. The van der Waals surface area contributed by atoms with Crippen molar-refractivity contribution in [2.75, 3.05) is 12.3 Å². The molecule has 0 unspecified atom stereocenters. The summed E-state index contributed by atoms with van der Waals surface area (Å²) in [6.45, 7) is 0.477. The molecule has 166 valence electrons. The Labute approximate surface area is 180 Å². The van der Waals surface area contributed by atoms with Crippen LogP contribution in [0.2, 0.25) is 0 Å². The van der Waals surface area contributed by atoms with Gasteiger partial charge in [-0.15, -0.1) is 0 Å². The standard InChI is InChI=1S/C21H15F4N3O3S/c22-18-16(11-1-4-14(5-2-11)32(30,31)21(23,24)25)10-17(19(26)28-18)12-3-6-15-13(9-12)7-8-27-20(15)29/h1-6,9-10H,7-8H2,(H2,26,28)(H,27,29). The van der Waals surface area contributed by atoms with E-state index in [1.165, 1.54) is 6.07 Å². The summed E-state index contributed by atoms with van der Waals surface area (Å²) in [7, 11) is -5.52. The smallest absolute Gasteiger partial charge is 0.383 e. The maximum Gasteiger partial charge on any atom is 0.501 e. The summed E-state index contributed by atoms with van der Waals surface area (Å²) < 4.78 is 75.8. The van der Waals surface area contributed by atoms with Crippen molar-refractivity contribution >= 4 is 21.6 Å². The Kier molecular flexibility index (Phi) is 5.16. The van der Waals surface area contributed by atoms with Crippen LogP contribution >= 0.6 is 0 Å². The molecule has 3 aromatic rings. The third-order valence-corrected chi connectivity index (χ3v) is 6.63. The predicted molar refractivity (Wildman–Crippen MR) is 109 cm³/mol. The molecule has 1 aliphatic heterocycles. The highest BCUT2D eigenvalue weighted by molar-refractivity contribution is 7.92. The van der Waals surface area contributed by atoms with Crippen molar-refractivity contribution in [2.24, 2.45) is 0 Å². The lowest BCUT2D eigenvalue weighted by atomic mass is 9.94. The number of hydrogen-bond donors (Lipinski definition) is 2. The average molecular weight is 465 g/mol. The number of nitrogens with one attached hydrogen (secondary N) is 1. The monoisotopic (exact) mass is 465 g/mol. The zero-order valence-corrected chi connectivity index (χ0v) is 17.0. The molecule has 0 saturated heterocycles. The zero-order valence-electron chi connectivity index (χ0n) is 16.2. The molecule has 0 bridgehead atoms. The van der Waals surface area contributed by atoms with Crippen LogP contribution < -0.4 is 11.1 Å². The summed E-state index contributed by atoms with van der Waals surface area (Å²) in [6, 6.07) is 10.0. The molecule has 0 atom stereocenters. The Balaban J connectivity index is 1.76. The number of nitrogens with zero attached hydrogens (tertiary/aromatic N) is 1. The number of pyridine rings is 1. The highest BCUT2D eigenvalue weighted by Crippen LogP contribution is 2.35. The number of sulfone groups is 1. The van der Waals surface area contributed by atoms with Gasteiger partial charge in [0.05, 0.1) is 4.90 Å². The Morgan fingerprint density at radius 2 is 1.59 bits per heavy atom. The molecular formula is C21H15F4N3O3S. The quantitative estimate of drug-likeness (QED) is 0.454. The highest BCUT2D eigenvalue weighted by Gasteiger charge is 2.46. The zero-order chi connectivity index (χ0) is 23.3. The van der Waals surface area contributed by atoms with Crippen molar-refractivity contribution in [3.8, 4) is 22.3 Å². The van der Waals surface area contributed by atoms with Crippen LogP contribution in [0.15, 0.2) is 53.4 Å². The van der Waals surface area contributed by atoms with Gasteiger partial charge in [-0.05, 0) is 47.4 Å². The van der Waals surface area contributed by atoms with E-state index in [-0.39, 0.29) is 22.9 Å². The number of carbonyl (C=O) groups is 1. The van der Waals surface area contributed by atoms with Crippen LogP contribution in [0.25, 0.3) is 22.3 Å². The van der Waals surface area contributed by atoms with Crippen molar-refractivity contribution < 1.29 is 30.8 Å². The molecule has 0 aliphatic carbocycles. The molecule has 1 aliphatic rings. The molecule has 3 N–H and O–H groups in total. The van der Waals surface area contributed by atoms with Crippen molar-refractivity contribution in [1.29, 1.82) is 0 Å². The number of alkyl halides is 3. The average Bonchev–Trinajstić information content (AvgIpc) is 2.73. The molecular weight excluding hydrogens is 450 g/mol. The summed E-state index contributed by atoms with van der Waals surface area (Å²) in [4.78, 5) is 14.7. The lowest BCUT2D eigenvalue weighted by Crippen LogP contribution is -2.31. The summed E-state index contributed by atoms with van der Waals surface area (Å²) in [5.41, 5.74) is 2.76. The second kappa shape index (κ2) is 7.59. The molecule has 6 nitrogen and oxygen atoms in total. The fourth-order valence-corrected chi connectivity index (χ4v) is 4.24. The lowest BCUT2D eigenvalue weighted by Gasteiger charge is -2.18. The van der Waals surface area contributed by atoms with Gasteiger partial charge in [0.2, 0.25) is 5.95 Å². The first-order valence-electron chi connectivity index (χ1n) is 9.28. The molecule has 0 fully saturated rings. The van der Waals surface area contributed by atoms with Crippen LogP contribution in [0, 0.1) is 5.95 Å². The molecule has 0 spiro atoms. The van der Waals surface area contributed by atoms with Gasteiger partial charge in [0.25, 0.3) is 15.7 Å². The van der Waals surface area contributed by atoms with Crippen molar-refractivity contribution in [3.05, 3.63) is 65.6 Å². The number of amides is 1. The Bertz CT molecular complexity index is 1340. The molecule has 1 amide bonds. The number of aromatic nitrogens is 1. The number of fused-ring (bicyclic) bond motifs is 1. The Morgan fingerprint density at radius 3 is 2.25 bits per heavy atom. The minimum atomic E-state index is -5.52. The van der Waals surface area contributed by atoms with Crippen LogP contribution in [0.1, 0.15) is 15.9 Å². The van der Waals surface area contributed by atoms with E-state index in [1.54, 1.807) is 18.2 Å². The Morgan fingerprint density at radius 1 is 0.938 bits per heavy atom. The molecule has 2 heterocycles. The minimum absolute atomic E-state index is 0.0689. The van der Waals surface area contributed by atoms with Crippen LogP contribution in [-0.2, 0) is 16.3 Å². The number of rotatable bonds is 3. The molecule has 0 saturated carbocycles. The molecule has 11 heteroatoms. The largest absolute Gasteiger partial charge is 0.501 e. The van der Waals surface area contributed by atoms with E-state index in [9.17, 15) is 30.8 Å². The van der Waals surface area contributed by atoms with Gasteiger partial charge in [0.15, 0.2) is 0 Å². The van der Waals surface area contributed by atoms with Gasteiger partial charge in [-0.1, -0.05) is 24.3 Å². The fourth-order valence-electron chi connectivity index (χ4n) is 3.48. The van der Waals surface area contributed by atoms with Gasteiger partial charge in [0, 0.05) is 23.2 Å². The summed E-state index contributed by atoms with van der Waals surface area (Å²) in [6.07, 6.45) is 0.603. The summed E-state index contributed by atoms with van der Waals surface area (Å²) in [5.74, 6) is -1.27. The molecule has 1 aromatic heterocycles. The van der Waals surface area contributed by atoms with E-state index in [0.29, 0.717) is 29.7 Å². The van der Waals surface area contributed by atoms with E-state index >= 15 is 0 Å². The predicted octanol–water partition coefficient (Wildman–Crippen LogP) is 3.72. The second-order valence-corrected chi connectivity index (χ2v) is 9.05. The van der Waals surface area contributed by atoms with Crippen LogP contribution in [-0.4, -0.2) is 31.4 Å². The van der Waals surface area contributed by atoms with Gasteiger partial charge >= 0.3 is 5.51 Å². The lowest BCUT2D eigenvalue weighted by molar-refractivity contribution is -0.0436. The van der Waals surface area contributed by atoms with E-state index in [2.05, 4.69) is 10.3 Å².